The maximum Gasteiger partial charge on any atom is 0.203 e. The van der Waals surface area contributed by atoms with Gasteiger partial charge in [0.15, 0.2) is 16.6 Å². The number of thiocarbonyl (C=S) groups is 1. The van der Waals surface area contributed by atoms with E-state index < -0.39 is 0 Å². The molecule has 0 unspecified atom stereocenters. The predicted octanol–water partition coefficient (Wildman–Crippen LogP) is 4.32. The van der Waals surface area contributed by atoms with Gasteiger partial charge in [0.2, 0.25) is 5.75 Å². The molecule has 3 aromatic rings. The maximum atomic E-state index is 5.86. The molecule has 0 saturated carbocycles. The second-order valence-corrected chi connectivity index (χ2v) is 7.73. The van der Waals surface area contributed by atoms with Gasteiger partial charge in [-0.15, -0.1) is 0 Å². The molecule has 1 aliphatic rings. The summed E-state index contributed by atoms with van der Waals surface area (Å²) in [6, 6.07) is 15.7. The summed E-state index contributed by atoms with van der Waals surface area (Å²) in [5.74, 6) is 2.55. The predicted molar refractivity (Wildman–Crippen MR) is 128 cm³/mol. The third-order valence-corrected chi connectivity index (χ3v) is 5.96. The fourth-order valence-corrected chi connectivity index (χ4v) is 4.42. The van der Waals surface area contributed by atoms with E-state index in [1.54, 1.807) is 28.4 Å². The molecule has 32 heavy (non-hydrogen) atoms. The summed E-state index contributed by atoms with van der Waals surface area (Å²) >= 11 is 5.86. The van der Waals surface area contributed by atoms with E-state index in [9.17, 15) is 0 Å². The van der Waals surface area contributed by atoms with Crippen molar-refractivity contribution in [1.82, 2.24) is 9.47 Å². The molecule has 7 nitrogen and oxygen atoms in total. The summed E-state index contributed by atoms with van der Waals surface area (Å²) in [5, 5.41) is 4.00. The number of ether oxygens (including phenoxy) is 4. The number of methoxy groups -OCH3 is 4. The number of hydrogen-bond acceptors (Lipinski definition) is 5. The van der Waals surface area contributed by atoms with Crippen LogP contribution in [0.2, 0.25) is 0 Å². The smallest absolute Gasteiger partial charge is 0.203 e. The minimum Gasteiger partial charge on any atom is -0.497 e. The second-order valence-electron chi connectivity index (χ2n) is 7.34. The summed E-state index contributed by atoms with van der Waals surface area (Å²) in [5.41, 5.74) is 3.01. The summed E-state index contributed by atoms with van der Waals surface area (Å²) in [7, 11) is 6.50. The van der Waals surface area contributed by atoms with Crippen LogP contribution in [0.5, 0.6) is 23.0 Å². The van der Waals surface area contributed by atoms with E-state index in [0.29, 0.717) is 22.4 Å². The van der Waals surface area contributed by atoms with Crippen molar-refractivity contribution in [2.24, 2.45) is 0 Å². The van der Waals surface area contributed by atoms with E-state index in [2.05, 4.69) is 33.1 Å². The van der Waals surface area contributed by atoms with Crippen molar-refractivity contribution in [3.8, 4) is 23.0 Å². The highest BCUT2D eigenvalue weighted by Crippen LogP contribution is 2.43. The zero-order valence-electron chi connectivity index (χ0n) is 18.6. The molecule has 0 saturated heterocycles. The molecule has 1 atom stereocenters. The topological polar surface area (TPSA) is 57.1 Å². The lowest BCUT2D eigenvalue weighted by Crippen LogP contribution is -2.44. The largest absolute Gasteiger partial charge is 0.497 e. The minimum absolute atomic E-state index is 0.127. The maximum absolute atomic E-state index is 5.86. The quantitative estimate of drug-likeness (QED) is 0.558. The molecular formula is C24H27N3O4S. The van der Waals surface area contributed by atoms with Crippen LogP contribution in [0.15, 0.2) is 54.7 Å². The average Bonchev–Trinajstić information content (AvgIpc) is 3.31. The highest BCUT2D eigenvalue weighted by molar-refractivity contribution is 7.80. The Kier molecular flexibility index (Phi) is 6.41. The Hall–Kier alpha value is -3.39. The monoisotopic (exact) mass is 453 g/mol. The van der Waals surface area contributed by atoms with E-state index >= 15 is 0 Å². The molecule has 0 spiro atoms. The van der Waals surface area contributed by atoms with Gasteiger partial charge in [0, 0.05) is 36.7 Å². The first kappa shape index (κ1) is 21.8. The van der Waals surface area contributed by atoms with Gasteiger partial charge in [0.05, 0.1) is 34.5 Å². The lowest BCUT2D eigenvalue weighted by Gasteiger charge is -2.39. The number of anilines is 1. The first-order valence-electron chi connectivity index (χ1n) is 10.3. The normalized spacial score (nSPS) is 15.0. The Bertz CT molecular complexity index is 1090. The van der Waals surface area contributed by atoms with E-state index in [1.165, 1.54) is 0 Å². The Morgan fingerprint density at radius 3 is 2.31 bits per heavy atom. The Labute approximate surface area is 193 Å². The molecule has 8 heteroatoms. The van der Waals surface area contributed by atoms with Gasteiger partial charge in [0.25, 0.3) is 0 Å². The Balaban J connectivity index is 1.74. The van der Waals surface area contributed by atoms with Crippen molar-refractivity contribution in [3.63, 3.8) is 0 Å². The summed E-state index contributed by atoms with van der Waals surface area (Å²) in [4.78, 5) is 2.19. The molecule has 168 valence electrons. The van der Waals surface area contributed by atoms with Crippen molar-refractivity contribution in [2.75, 3.05) is 40.3 Å². The number of fused-ring (bicyclic) bond motifs is 1. The number of nitrogens with zero attached hydrogens (tertiary/aromatic N) is 2. The first-order valence-corrected chi connectivity index (χ1v) is 10.7. The fraction of sp³-hybridized carbons (Fsp3) is 0.292. The molecule has 0 fully saturated rings. The van der Waals surface area contributed by atoms with Crippen LogP contribution in [0.25, 0.3) is 0 Å². The number of benzene rings is 2. The number of nitrogens with one attached hydrogen (secondary N) is 1. The summed E-state index contributed by atoms with van der Waals surface area (Å²) < 4.78 is 24.3. The number of rotatable bonds is 6. The number of hydrogen-bond donors (Lipinski definition) is 1. The van der Waals surface area contributed by atoms with E-state index in [4.69, 9.17) is 31.2 Å². The van der Waals surface area contributed by atoms with Gasteiger partial charge in [-0.05, 0) is 54.2 Å². The van der Waals surface area contributed by atoms with Crippen LogP contribution < -0.4 is 24.3 Å². The van der Waals surface area contributed by atoms with E-state index in [-0.39, 0.29) is 6.04 Å². The van der Waals surface area contributed by atoms with Gasteiger partial charge >= 0.3 is 0 Å². The third-order valence-electron chi connectivity index (χ3n) is 5.62. The zero-order chi connectivity index (χ0) is 22.7. The van der Waals surface area contributed by atoms with Crippen LogP contribution in [0.3, 0.4) is 0 Å². The third kappa shape index (κ3) is 4.05. The second kappa shape index (κ2) is 9.40. The fourth-order valence-electron chi connectivity index (χ4n) is 4.11. The SMILES string of the molecule is COc1cccc(NC(=S)N2CCn3cccc3[C@@H]2c2cc(OC)c(OC)c(OC)c2)c1. The first-order chi connectivity index (χ1) is 15.6. The lowest BCUT2D eigenvalue weighted by atomic mass is 9.99. The summed E-state index contributed by atoms with van der Waals surface area (Å²) in [6.07, 6.45) is 2.09. The van der Waals surface area contributed by atoms with Crippen molar-refractivity contribution < 1.29 is 18.9 Å². The molecule has 2 aromatic carbocycles. The van der Waals surface area contributed by atoms with Crippen molar-refractivity contribution in [1.29, 1.82) is 0 Å². The van der Waals surface area contributed by atoms with Crippen molar-refractivity contribution in [2.45, 2.75) is 12.6 Å². The van der Waals surface area contributed by atoms with Crippen molar-refractivity contribution >= 4 is 23.0 Å². The highest BCUT2D eigenvalue weighted by Gasteiger charge is 2.32. The van der Waals surface area contributed by atoms with Crippen LogP contribution >= 0.6 is 12.2 Å². The van der Waals surface area contributed by atoms with Gasteiger partial charge in [-0.1, -0.05) is 6.07 Å². The van der Waals surface area contributed by atoms with Gasteiger partial charge in [-0.3, -0.25) is 0 Å². The van der Waals surface area contributed by atoms with Crippen LogP contribution in [0.1, 0.15) is 17.3 Å². The van der Waals surface area contributed by atoms with Crippen LogP contribution in [-0.2, 0) is 6.54 Å². The molecule has 4 rings (SSSR count). The van der Waals surface area contributed by atoms with E-state index in [1.807, 2.05) is 36.4 Å². The van der Waals surface area contributed by atoms with Crippen molar-refractivity contribution in [3.05, 3.63) is 66.0 Å². The molecular weight excluding hydrogens is 426 g/mol. The van der Waals surface area contributed by atoms with Gasteiger partial charge in [-0.2, -0.15) is 0 Å². The molecule has 0 bridgehead atoms. The highest BCUT2D eigenvalue weighted by atomic mass is 32.1. The molecule has 0 aliphatic carbocycles. The standard InChI is InChI=1S/C24H27N3O4S/c1-28-18-8-5-7-17(15-18)25-24(32)27-12-11-26-10-6-9-19(26)22(27)16-13-20(29-2)23(31-4)21(14-16)30-3/h5-10,13-15,22H,11-12H2,1-4H3,(H,25,32)/t22-/m0/s1. The van der Waals surface area contributed by atoms with Gasteiger partial charge < -0.3 is 33.7 Å². The Morgan fingerprint density at radius 2 is 1.66 bits per heavy atom. The van der Waals surface area contributed by atoms with E-state index in [0.717, 1.165) is 35.8 Å². The molecule has 2 heterocycles. The molecule has 1 aliphatic heterocycles. The summed E-state index contributed by atoms with van der Waals surface area (Å²) in [6.45, 7) is 1.59. The molecule has 0 radical (unpaired) electrons. The Morgan fingerprint density at radius 1 is 0.906 bits per heavy atom. The zero-order valence-corrected chi connectivity index (χ0v) is 19.4. The number of aromatic nitrogens is 1. The lowest BCUT2D eigenvalue weighted by molar-refractivity contribution is 0.288. The molecule has 0 amide bonds. The van der Waals surface area contributed by atoms with Crippen LogP contribution in [0, 0.1) is 0 Å². The average molecular weight is 454 g/mol. The van der Waals surface area contributed by atoms with Crippen LogP contribution in [-0.4, -0.2) is 49.6 Å². The van der Waals surface area contributed by atoms with Gasteiger partial charge in [0.1, 0.15) is 5.75 Å². The molecule has 1 N–H and O–H groups in total. The molecule has 1 aromatic heterocycles. The van der Waals surface area contributed by atoms with Crippen LogP contribution in [0.4, 0.5) is 5.69 Å². The minimum atomic E-state index is -0.127. The van der Waals surface area contributed by atoms with Gasteiger partial charge in [-0.25, -0.2) is 0 Å².